The number of rotatable bonds is 3. The van der Waals surface area contributed by atoms with Gasteiger partial charge in [0.05, 0.1) is 10.3 Å². The number of carbonyl (C=O) groups is 1. The molecule has 84 valence electrons. The molecule has 0 unspecified atom stereocenters. The van der Waals surface area contributed by atoms with Crippen molar-refractivity contribution in [1.29, 1.82) is 0 Å². The average molecular weight is 284 g/mol. The minimum Gasteiger partial charge on any atom is -0.299 e. The molecule has 0 atom stereocenters. The van der Waals surface area contributed by atoms with Crippen LogP contribution in [0.5, 0.6) is 0 Å². The first kappa shape index (κ1) is 11.3. The molecule has 5 heteroatoms. The van der Waals surface area contributed by atoms with Crippen molar-refractivity contribution in [3.63, 3.8) is 0 Å². The lowest BCUT2D eigenvalue weighted by Crippen LogP contribution is -2.18. The first-order valence-corrected chi connectivity index (χ1v) is 5.72. The zero-order valence-corrected chi connectivity index (χ0v) is 10.3. The highest BCUT2D eigenvalue weighted by Crippen LogP contribution is 2.52. The monoisotopic (exact) mass is 283 g/mol. The van der Waals surface area contributed by atoms with E-state index < -0.39 is 10.3 Å². The lowest BCUT2D eigenvalue weighted by atomic mass is 9.91. The lowest BCUT2D eigenvalue weighted by Gasteiger charge is -2.12. The molecule has 0 radical (unpaired) electrons. The van der Waals surface area contributed by atoms with Gasteiger partial charge in [0.2, 0.25) is 0 Å². The van der Waals surface area contributed by atoms with Crippen LogP contribution in [0, 0.1) is 10.1 Å². The van der Waals surface area contributed by atoms with Gasteiger partial charge in [-0.25, -0.2) is 0 Å². The number of halogens is 1. The Kier molecular flexibility index (Phi) is 2.58. The summed E-state index contributed by atoms with van der Waals surface area (Å²) in [6, 6.07) is 4.88. The molecule has 1 aliphatic rings. The SMILES string of the molecule is CC(=O)C1(c2ccc(Br)cc2[N+](=O)[O-])CC1. The maximum Gasteiger partial charge on any atom is 0.274 e. The second kappa shape index (κ2) is 3.66. The standard InChI is InChI=1S/C11H10BrNO3/c1-7(14)11(4-5-11)9-3-2-8(12)6-10(9)13(15)16/h2-3,6H,4-5H2,1H3. The van der Waals surface area contributed by atoms with Gasteiger partial charge >= 0.3 is 0 Å². The van der Waals surface area contributed by atoms with Crippen LogP contribution in [0.25, 0.3) is 0 Å². The van der Waals surface area contributed by atoms with Crippen LogP contribution in [-0.4, -0.2) is 10.7 Å². The summed E-state index contributed by atoms with van der Waals surface area (Å²) in [6.07, 6.45) is 1.43. The molecule has 1 saturated carbocycles. The van der Waals surface area contributed by atoms with Crippen molar-refractivity contribution in [3.05, 3.63) is 38.3 Å². The van der Waals surface area contributed by atoms with E-state index >= 15 is 0 Å². The Bertz CT molecular complexity index is 480. The number of hydrogen-bond acceptors (Lipinski definition) is 3. The van der Waals surface area contributed by atoms with E-state index in [1.165, 1.54) is 13.0 Å². The molecule has 0 N–H and O–H groups in total. The van der Waals surface area contributed by atoms with Crippen molar-refractivity contribution in [1.82, 2.24) is 0 Å². The third-order valence-electron chi connectivity index (χ3n) is 3.10. The van der Waals surface area contributed by atoms with Crippen LogP contribution in [0.1, 0.15) is 25.3 Å². The summed E-state index contributed by atoms with van der Waals surface area (Å²) >= 11 is 3.20. The molecule has 0 heterocycles. The summed E-state index contributed by atoms with van der Waals surface area (Å²) in [6.45, 7) is 1.50. The van der Waals surface area contributed by atoms with E-state index in [0.29, 0.717) is 22.9 Å². The van der Waals surface area contributed by atoms with Crippen LogP contribution in [0.4, 0.5) is 5.69 Å². The molecule has 0 saturated heterocycles. The first-order valence-electron chi connectivity index (χ1n) is 4.93. The van der Waals surface area contributed by atoms with Gasteiger partial charge in [-0.2, -0.15) is 0 Å². The molecular weight excluding hydrogens is 274 g/mol. The number of Topliss-reactive ketones (excluding diaryl/α,β-unsaturated/α-hetero) is 1. The zero-order chi connectivity index (χ0) is 11.9. The van der Waals surface area contributed by atoms with Crippen LogP contribution in [0.15, 0.2) is 22.7 Å². The maximum absolute atomic E-state index is 11.6. The highest BCUT2D eigenvalue weighted by Gasteiger charge is 2.52. The first-order chi connectivity index (χ1) is 7.47. The van der Waals surface area contributed by atoms with Gasteiger partial charge in [-0.1, -0.05) is 22.0 Å². The summed E-state index contributed by atoms with van der Waals surface area (Å²) in [5.41, 5.74) is -0.0152. The normalized spacial score (nSPS) is 16.9. The van der Waals surface area contributed by atoms with E-state index in [0.717, 1.165) is 0 Å². The molecule has 1 aromatic carbocycles. The Balaban J connectivity index is 2.57. The second-order valence-corrected chi connectivity index (χ2v) is 4.97. The quantitative estimate of drug-likeness (QED) is 0.633. The predicted molar refractivity (Wildman–Crippen MR) is 62.4 cm³/mol. The molecule has 4 nitrogen and oxygen atoms in total. The molecule has 0 spiro atoms. The van der Waals surface area contributed by atoms with Gasteiger partial charge in [-0.15, -0.1) is 0 Å². The summed E-state index contributed by atoms with van der Waals surface area (Å²) in [5, 5.41) is 10.9. The molecule has 1 aromatic rings. The van der Waals surface area contributed by atoms with E-state index in [-0.39, 0.29) is 11.5 Å². The van der Waals surface area contributed by atoms with Gasteiger partial charge in [-0.05, 0) is 25.8 Å². The third-order valence-corrected chi connectivity index (χ3v) is 3.59. The molecule has 0 bridgehead atoms. The number of nitro groups is 1. The van der Waals surface area contributed by atoms with Crippen molar-refractivity contribution in [2.75, 3.05) is 0 Å². The van der Waals surface area contributed by atoms with Crippen molar-refractivity contribution < 1.29 is 9.72 Å². The number of hydrogen-bond donors (Lipinski definition) is 0. The largest absolute Gasteiger partial charge is 0.299 e. The summed E-state index contributed by atoms with van der Waals surface area (Å²) in [5.74, 6) is 0.0120. The number of benzene rings is 1. The molecule has 1 aliphatic carbocycles. The average Bonchev–Trinajstić information content (AvgIpc) is 2.98. The highest BCUT2D eigenvalue weighted by atomic mass is 79.9. The van der Waals surface area contributed by atoms with Crippen molar-refractivity contribution in [3.8, 4) is 0 Å². The molecule has 0 amide bonds. The minimum atomic E-state index is -0.594. The Morgan fingerprint density at radius 2 is 2.12 bits per heavy atom. The van der Waals surface area contributed by atoms with Crippen LogP contribution >= 0.6 is 15.9 Å². The van der Waals surface area contributed by atoms with E-state index in [2.05, 4.69) is 15.9 Å². The molecule has 0 aliphatic heterocycles. The molecular formula is C11H10BrNO3. The molecule has 1 fully saturated rings. The highest BCUT2D eigenvalue weighted by molar-refractivity contribution is 9.10. The Morgan fingerprint density at radius 3 is 2.56 bits per heavy atom. The minimum absolute atomic E-state index is 0.0120. The summed E-state index contributed by atoms with van der Waals surface area (Å²) in [7, 11) is 0. The van der Waals surface area contributed by atoms with Gasteiger partial charge in [0, 0.05) is 16.1 Å². The summed E-state index contributed by atoms with van der Waals surface area (Å²) in [4.78, 5) is 22.1. The Morgan fingerprint density at radius 1 is 1.50 bits per heavy atom. The van der Waals surface area contributed by atoms with E-state index in [1.54, 1.807) is 12.1 Å². The van der Waals surface area contributed by atoms with E-state index in [9.17, 15) is 14.9 Å². The van der Waals surface area contributed by atoms with E-state index in [1.807, 2.05) is 0 Å². The molecule has 16 heavy (non-hydrogen) atoms. The molecule has 2 rings (SSSR count). The van der Waals surface area contributed by atoms with Crippen LogP contribution in [0.2, 0.25) is 0 Å². The number of carbonyl (C=O) groups excluding carboxylic acids is 1. The van der Waals surface area contributed by atoms with Crippen molar-refractivity contribution in [2.45, 2.75) is 25.2 Å². The number of ketones is 1. The van der Waals surface area contributed by atoms with Crippen molar-refractivity contribution in [2.24, 2.45) is 0 Å². The van der Waals surface area contributed by atoms with Crippen LogP contribution in [0.3, 0.4) is 0 Å². The second-order valence-electron chi connectivity index (χ2n) is 4.06. The van der Waals surface area contributed by atoms with Crippen LogP contribution < -0.4 is 0 Å². The predicted octanol–water partition coefficient (Wildman–Crippen LogP) is 2.98. The molecule has 0 aromatic heterocycles. The fourth-order valence-corrected chi connectivity index (χ4v) is 2.35. The van der Waals surface area contributed by atoms with Gasteiger partial charge < -0.3 is 0 Å². The number of nitrogens with zero attached hydrogens (tertiary/aromatic N) is 1. The fourth-order valence-electron chi connectivity index (χ4n) is 2.00. The van der Waals surface area contributed by atoms with Gasteiger partial charge in [0.1, 0.15) is 5.78 Å². The third kappa shape index (κ3) is 1.65. The maximum atomic E-state index is 11.6. The van der Waals surface area contributed by atoms with Gasteiger partial charge in [0.15, 0.2) is 0 Å². The fraction of sp³-hybridized carbons (Fsp3) is 0.364. The lowest BCUT2D eigenvalue weighted by molar-refractivity contribution is -0.385. The van der Waals surface area contributed by atoms with Gasteiger partial charge in [0.25, 0.3) is 5.69 Å². The zero-order valence-electron chi connectivity index (χ0n) is 8.70. The van der Waals surface area contributed by atoms with Crippen LogP contribution in [-0.2, 0) is 10.2 Å². The Hall–Kier alpha value is -1.23. The smallest absolute Gasteiger partial charge is 0.274 e. The van der Waals surface area contributed by atoms with E-state index in [4.69, 9.17) is 0 Å². The number of nitro benzene ring substituents is 1. The van der Waals surface area contributed by atoms with Crippen molar-refractivity contribution >= 4 is 27.4 Å². The topological polar surface area (TPSA) is 60.2 Å². The summed E-state index contributed by atoms with van der Waals surface area (Å²) < 4.78 is 0.655. The Labute approximate surface area is 101 Å². The van der Waals surface area contributed by atoms with Gasteiger partial charge in [-0.3, -0.25) is 14.9 Å².